The van der Waals surface area contributed by atoms with Gasteiger partial charge in [0.1, 0.15) is 0 Å². The first-order chi connectivity index (χ1) is 9.72. The third kappa shape index (κ3) is 3.99. The van der Waals surface area contributed by atoms with Crippen molar-refractivity contribution in [1.29, 1.82) is 0 Å². The number of halogens is 1. The molecule has 1 aliphatic rings. The van der Waals surface area contributed by atoms with Gasteiger partial charge < -0.3 is 24.6 Å². The van der Waals surface area contributed by atoms with Gasteiger partial charge in [-0.15, -0.1) is 0 Å². The Labute approximate surface area is 123 Å². The molecular weight excluding hydrogens is 282 g/mol. The van der Waals surface area contributed by atoms with E-state index in [9.17, 15) is 5.11 Å². The second-order valence-electron chi connectivity index (χ2n) is 4.59. The first-order valence-corrected chi connectivity index (χ1v) is 7.07. The Morgan fingerprint density at radius 1 is 1.40 bits per heavy atom. The van der Waals surface area contributed by atoms with Crippen LogP contribution < -0.4 is 14.8 Å². The lowest BCUT2D eigenvalue weighted by Crippen LogP contribution is -2.25. The van der Waals surface area contributed by atoms with Crippen LogP contribution in [0.3, 0.4) is 0 Å². The minimum atomic E-state index is -0.651. The van der Waals surface area contributed by atoms with Crippen molar-refractivity contribution in [3.63, 3.8) is 0 Å². The summed E-state index contributed by atoms with van der Waals surface area (Å²) in [7, 11) is 1.64. The summed E-state index contributed by atoms with van der Waals surface area (Å²) in [6.07, 6.45) is 0.170. The van der Waals surface area contributed by atoms with Crippen molar-refractivity contribution in [2.24, 2.45) is 0 Å². The van der Waals surface area contributed by atoms with Crippen molar-refractivity contribution in [3.05, 3.63) is 22.7 Å². The van der Waals surface area contributed by atoms with Crippen LogP contribution in [0, 0.1) is 0 Å². The molecule has 0 saturated heterocycles. The van der Waals surface area contributed by atoms with Gasteiger partial charge in [0.2, 0.25) is 0 Å². The van der Waals surface area contributed by atoms with Gasteiger partial charge in [-0.1, -0.05) is 11.6 Å². The fourth-order valence-corrected chi connectivity index (χ4v) is 2.25. The van der Waals surface area contributed by atoms with Gasteiger partial charge in [0, 0.05) is 26.6 Å². The number of hydrogen-bond donors (Lipinski definition) is 2. The van der Waals surface area contributed by atoms with Crippen LogP contribution in [0.15, 0.2) is 12.1 Å². The Balaban J connectivity index is 2.04. The zero-order chi connectivity index (χ0) is 14.4. The van der Waals surface area contributed by atoms with E-state index in [1.807, 2.05) is 0 Å². The highest BCUT2D eigenvalue weighted by molar-refractivity contribution is 6.32. The first kappa shape index (κ1) is 15.4. The number of aliphatic hydroxyl groups excluding tert-OH is 1. The molecule has 1 aromatic carbocycles. The van der Waals surface area contributed by atoms with E-state index < -0.39 is 6.10 Å². The lowest BCUT2D eigenvalue weighted by molar-refractivity contribution is 0.161. The lowest BCUT2D eigenvalue weighted by atomic mass is 10.1. The van der Waals surface area contributed by atoms with Crippen LogP contribution in [0.1, 0.15) is 18.1 Å². The molecule has 6 heteroatoms. The molecule has 1 atom stereocenters. The molecule has 2 N–H and O–H groups in total. The van der Waals surface area contributed by atoms with Crippen LogP contribution in [0.5, 0.6) is 11.5 Å². The van der Waals surface area contributed by atoms with Gasteiger partial charge >= 0.3 is 0 Å². The third-order valence-electron chi connectivity index (χ3n) is 3.03. The highest BCUT2D eigenvalue weighted by atomic mass is 35.5. The smallest absolute Gasteiger partial charge is 0.179 e. The fraction of sp³-hybridized carbons (Fsp3) is 0.571. The number of aliphatic hydroxyl groups is 1. The molecule has 2 rings (SSSR count). The zero-order valence-electron chi connectivity index (χ0n) is 11.5. The maximum atomic E-state index is 10.2. The van der Waals surface area contributed by atoms with Crippen molar-refractivity contribution >= 4 is 11.6 Å². The summed E-state index contributed by atoms with van der Waals surface area (Å²) in [6, 6.07) is 3.51. The average Bonchev–Trinajstić information content (AvgIpc) is 2.69. The Kier molecular flexibility index (Phi) is 5.91. The normalized spacial score (nSPS) is 15.8. The maximum absolute atomic E-state index is 10.2. The van der Waals surface area contributed by atoms with Gasteiger partial charge in [-0.2, -0.15) is 0 Å². The quantitative estimate of drug-likeness (QED) is 0.784. The summed E-state index contributed by atoms with van der Waals surface area (Å²) in [4.78, 5) is 0. The van der Waals surface area contributed by atoms with E-state index in [-0.39, 0.29) is 0 Å². The number of rotatable bonds is 6. The SMILES string of the molecule is COCCNCC(O)c1cc(Cl)c2c(c1)OCCCO2. The monoisotopic (exact) mass is 301 g/mol. The molecule has 0 amide bonds. The molecule has 0 aromatic heterocycles. The van der Waals surface area contributed by atoms with E-state index in [0.29, 0.717) is 55.0 Å². The summed E-state index contributed by atoms with van der Waals surface area (Å²) >= 11 is 6.19. The topological polar surface area (TPSA) is 60.0 Å². The number of benzene rings is 1. The summed E-state index contributed by atoms with van der Waals surface area (Å²) < 4.78 is 16.1. The molecule has 0 radical (unpaired) electrons. The molecule has 5 nitrogen and oxygen atoms in total. The number of methoxy groups -OCH3 is 1. The first-order valence-electron chi connectivity index (χ1n) is 6.69. The van der Waals surface area contributed by atoms with Crippen LogP contribution in [0.25, 0.3) is 0 Å². The highest BCUT2D eigenvalue weighted by Crippen LogP contribution is 2.39. The van der Waals surface area contributed by atoms with Crippen LogP contribution in [0.4, 0.5) is 0 Å². The summed E-state index contributed by atoms with van der Waals surface area (Å²) in [5.41, 5.74) is 0.712. The average molecular weight is 302 g/mol. The maximum Gasteiger partial charge on any atom is 0.179 e. The summed E-state index contributed by atoms with van der Waals surface area (Å²) in [5, 5.41) is 13.7. The number of fused-ring (bicyclic) bond motifs is 1. The van der Waals surface area contributed by atoms with Crippen molar-refractivity contribution in [2.45, 2.75) is 12.5 Å². The van der Waals surface area contributed by atoms with E-state index in [0.717, 1.165) is 6.42 Å². The van der Waals surface area contributed by atoms with Gasteiger partial charge in [-0.05, 0) is 17.7 Å². The lowest BCUT2D eigenvalue weighted by Gasteiger charge is -2.16. The molecule has 20 heavy (non-hydrogen) atoms. The second kappa shape index (κ2) is 7.69. The van der Waals surface area contributed by atoms with Crippen molar-refractivity contribution < 1.29 is 19.3 Å². The molecule has 0 spiro atoms. The molecular formula is C14H20ClNO4. The molecule has 1 aromatic rings. The van der Waals surface area contributed by atoms with Gasteiger partial charge in [0.25, 0.3) is 0 Å². The molecule has 1 heterocycles. The summed E-state index contributed by atoms with van der Waals surface area (Å²) in [6.45, 7) is 2.90. The van der Waals surface area contributed by atoms with Gasteiger partial charge in [0.05, 0.1) is 30.9 Å². The molecule has 112 valence electrons. The third-order valence-corrected chi connectivity index (χ3v) is 3.31. The van der Waals surface area contributed by atoms with Crippen LogP contribution in [-0.4, -0.2) is 45.1 Å². The molecule has 1 unspecified atom stereocenters. The molecule has 1 aliphatic heterocycles. The van der Waals surface area contributed by atoms with Gasteiger partial charge in [0.15, 0.2) is 11.5 Å². The van der Waals surface area contributed by atoms with Crippen molar-refractivity contribution in [1.82, 2.24) is 5.32 Å². The molecule has 0 bridgehead atoms. The minimum Gasteiger partial charge on any atom is -0.489 e. The van der Waals surface area contributed by atoms with Crippen molar-refractivity contribution in [3.8, 4) is 11.5 Å². The molecule has 0 saturated carbocycles. The zero-order valence-corrected chi connectivity index (χ0v) is 12.3. The molecule has 0 aliphatic carbocycles. The predicted octanol–water partition coefficient (Wildman–Crippen LogP) is 1.77. The van der Waals surface area contributed by atoms with Gasteiger partial charge in [-0.25, -0.2) is 0 Å². The van der Waals surface area contributed by atoms with E-state index >= 15 is 0 Å². The predicted molar refractivity (Wildman–Crippen MR) is 76.8 cm³/mol. The number of nitrogens with one attached hydrogen (secondary N) is 1. The summed E-state index contributed by atoms with van der Waals surface area (Å²) in [5.74, 6) is 1.16. The largest absolute Gasteiger partial charge is 0.489 e. The van der Waals surface area contributed by atoms with E-state index in [1.54, 1.807) is 19.2 Å². The highest BCUT2D eigenvalue weighted by Gasteiger charge is 2.18. The van der Waals surface area contributed by atoms with Crippen LogP contribution in [-0.2, 0) is 4.74 Å². The van der Waals surface area contributed by atoms with Crippen molar-refractivity contribution in [2.75, 3.05) is 40.0 Å². The van der Waals surface area contributed by atoms with Crippen LogP contribution in [0.2, 0.25) is 5.02 Å². The van der Waals surface area contributed by atoms with E-state index in [4.69, 9.17) is 25.8 Å². The Morgan fingerprint density at radius 2 is 2.20 bits per heavy atom. The standard InChI is InChI=1S/C14H20ClNO4/c1-18-6-3-16-9-12(17)10-7-11(15)14-13(8-10)19-4-2-5-20-14/h7-8,12,16-17H,2-6,9H2,1H3. The minimum absolute atomic E-state index is 0.430. The molecule has 0 fully saturated rings. The fourth-order valence-electron chi connectivity index (χ4n) is 1.97. The Bertz CT molecular complexity index is 441. The Morgan fingerprint density at radius 3 is 3.00 bits per heavy atom. The number of hydrogen-bond acceptors (Lipinski definition) is 5. The van der Waals surface area contributed by atoms with E-state index in [2.05, 4.69) is 5.32 Å². The van der Waals surface area contributed by atoms with E-state index in [1.165, 1.54) is 0 Å². The second-order valence-corrected chi connectivity index (χ2v) is 5.00. The Hall–Kier alpha value is -1.01. The van der Waals surface area contributed by atoms with Gasteiger partial charge in [-0.3, -0.25) is 0 Å². The number of ether oxygens (including phenoxy) is 3. The van der Waals surface area contributed by atoms with Crippen LogP contribution >= 0.6 is 11.6 Å².